The van der Waals surface area contributed by atoms with Gasteiger partial charge in [0.05, 0.1) is 11.1 Å². The van der Waals surface area contributed by atoms with Crippen molar-refractivity contribution in [3.63, 3.8) is 0 Å². The predicted octanol–water partition coefficient (Wildman–Crippen LogP) is 3.50. The molecule has 23 heavy (non-hydrogen) atoms. The maximum absolute atomic E-state index is 12.7. The molecule has 0 saturated carbocycles. The van der Waals surface area contributed by atoms with Crippen LogP contribution in [-0.2, 0) is 6.42 Å². The predicted molar refractivity (Wildman–Crippen MR) is 81.8 cm³/mol. The summed E-state index contributed by atoms with van der Waals surface area (Å²) in [6.07, 6.45) is -2.82. The highest BCUT2D eigenvalue weighted by Crippen LogP contribution is 2.33. The van der Waals surface area contributed by atoms with Crippen LogP contribution in [0.1, 0.15) is 29.8 Å². The molecule has 2 aromatic rings. The van der Waals surface area contributed by atoms with Crippen molar-refractivity contribution < 1.29 is 23.1 Å². The zero-order valence-electron chi connectivity index (χ0n) is 13.0. The van der Waals surface area contributed by atoms with Crippen LogP contribution in [0.2, 0.25) is 0 Å². The number of nitrogens with zero attached hydrogens (tertiary/aromatic N) is 1. The maximum atomic E-state index is 12.7. The van der Waals surface area contributed by atoms with Crippen molar-refractivity contribution in [1.82, 2.24) is 9.88 Å². The second-order valence-corrected chi connectivity index (χ2v) is 5.30. The van der Waals surface area contributed by atoms with E-state index < -0.39 is 17.5 Å². The number of carbonyl (C=O) groups excluding carboxylic acids is 1. The molecule has 1 heterocycles. The molecule has 0 spiro atoms. The highest BCUT2D eigenvalue weighted by atomic mass is 19.4. The van der Waals surface area contributed by atoms with Crippen molar-refractivity contribution >= 4 is 16.7 Å². The van der Waals surface area contributed by atoms with E-state index in [9.17, 15) is 23.1 Å². The van der Waals surface area contributed by atoms with Crippen LogP contribution in [0, 0.1) is 0 Å². The molecular formula is C16H19F3N2O2. The third-order valence-electron chi connectivity index (χ3n) is 3.99. The number of nitrogens with one attached hydrogen (secondary N) is 1. The van der Waals surface area contributed by atoms with Crippen molar-refractivity contribution in [1.29, 1.82) is 0 Å². The average molecular weight is 328 g/mol. The first kappa shape index (κ1) is 17.3. The summed E-state index contributed by atoms with van der Waals surface area (Å²) in [6, 6.07) is 2.13. The minimum atomic E-state index is -4.95. The Morgan fingerprint density at radius 1 is 1.26 bits per heavy atom. The number of aromatic hydroxyl groups is 1. The van der Waals surface area contributed by atoms with E-state index in [0.717, 1.165) is 31.8 Å². The number of ketones is 1. The van der Waals surface area contributed by atoms with Gasteiger partial charge >= 0.3 is 6.18 Å². The van der Waals surface area contributed by atoms with E-state index in [-0.39, 0.29) is 16.7 Å². The first-order valence-electron chi connectivity index (χ1n) is 7.45. The van der Waals surface area contributed by atoms with Crippen LogP contribution in [0.25, 0.3) is 10.9 Å². The van der Waals surface area contributed by atoms with Gasteiger partial charge in [0.1, 0.15) is 5.75 Å². The summed E-state index contributed by atoms with van der Waals surface area (Å²) in [4.78, 5) is 16.4. The van der Waals surface area contributed by atoms with Gasteiger partial charge in [0.25, 0.3) is 5.78 Å². The summed E-state index contributed by atoms with van der Waals surface area (Å²) < 4.78 is 38.0. The standard InChI is InChI=1S/C16H19F3N2O2/c1-3-21(4-2)8-7-10-9-20-14-11(15(23)16(17,18)19)5-6-12(22)13(10)14/h5-6,9,20,22H,3-4,7-8H2,1-2H3. The normalized spacial score (nSPS) is 12.3. The molecule has 126 valence electrons. The summed E-state index contributed by atoms with van der Waals surface area (Å²) in [6.45, 7) is 6.49. The topological polar surface area (TPSA) is 56.3 Å². The fourth-order valence-corrected chi connectivity index (χ4v) is 2.66. The molecule has 1 aromatic carbocycles. The molecule has 2 rings (SSSR count). The number of aromatic nitrogens is 1. The summed E-state index contributed by atoms with van der Waals surface area (Å²) >= 11 is 0. The zero-order valence-corrected chi connectivity index (χ0v) is 13.0. The molecule has 0 fully saturated rings. The number of carbonyl (C=O) groups is 1. The van der Waals surface area contributed by atoms with Crippen molar-refractivity contribution in [3.05, 3.63) is 29.5 Å². The molecule has 0 bridgehead atoms. The summed E-state index contributed by atoms with van der Waals surface area (Å²) in [5.74, 6) is -2.05. The summed E-state index contributed by atoms with van der Waals surface area (Å²) in [5, 5.41) is 10.3. The van der Waals surface area contributed by atoms with Gasteiger partial charge in [-0.05, 0) is 37.2 Å². The Kier molecular flexibility index (Phi) is 4.99. The molecule has 2 N–H and O–H groups in total. The number of H-pyrrole nitrogens is 1. The van der Waals surface area contributed by atoms with E-state index in [0.29, 0.717) is 12.0 Å². The van der Waals surface area contributed by atoms with Crippen LogP contribution in [-0.4, -0.2) is 46.6 Å². The Hall–Kier alpha value is -2.02. The quantitative estimate of drug-likeness (QED) is 0.798. The Balaban J connectivity index is 2.41. The van der Waals surface area contributed by atoms with E-state index >= 15 is 0 Å². The lowest BCUT2D eigenvalue weighted by atomic mass is 10.0. The van der Waals surface area contributed by atoms with Gasteiger partial charge in [0, 0.05) is 18.1 Å². The van der Waals surface area contributed by atoms with E-state index in [1.54, 1.807) is 6.20 Å². The Morgan fingerprint density at radius 3 is 2.48 bits per heavy atom. The molecule has 1 aromatic heterocycles. The maximum Gasteiger partial charge on any atom is 0.454 e. The van der Waals surface area contributed by atoms with Gasteiger partial charge in [0.2, 0.25) is 0 Å². The molecule has 0 aliphatic carbocycles. The molecule has 4 nitrogen and oxygen atoms in total. The Bertz CT molecular complexity index is 703. The van der Waals surface area contributed by atoms with Crippen LogP contribution < -0.4 is 0 Å². The van der Waals surface area contributed by atoms with Gasteiger partial charge in [-0.1, -0.05) is 13.8 Å². The van der Waals surface area contributed by atoms with Crippen molar-refractivity contribution in [2.75, 3.05) is 19.6 Å². The number of phenolic OH excluding ortho intramolecular Hbond substituents is 1. The zero-order chi connectivity index (χ0) is 17.2. The number of Topliss-reactive ketones (excluding diaryl/α,β-unsaturated/α-hetero) is 1. The van der Waals surface area contributed by atoms with Crippen LogP contribution in [0.4, 0.5) is 13.2 Å². The van der Waals surface area contributed by atoms with Crippen molar-refractivity contribution in [2.24, 2.45) is 0 Å². The lowest BCUT2D eigenvalue weighted by molar-refractivity contribution is -0.0884. The van der Waals surface area contributed by atoms with Gasteiger partial charge in [-0.3, -0.25) is 4.79 Å². The second-order valence-electron chi connectivity index (χ2n) is 5.30. The van der Waals surface area contributed by atoms with Gasteiger partial charge in [-0.25, -0.2) is 0 Å². The molecule has 0 saturated heterocycles. The first-order chi connectivity index (χ1) is 10.8. The molecule has 0 unspecified atom stereocenters. The third-order valence-corrected chi connectivity index (χ3v) is 3.99. The number of aromatic amines is 1. The number of alkyl halides is 3. The second kappa shape index (κ2) is 6.62. The smallest absolute Gasteiger partial charge is 0.454 e. The number of fused-ring (bicyclic) bond motifs is 1. The number of benzene rings is 1. The Labute approximate surface area is 131 Å². The van der Waals surface area contributed by atoms with Gasteiger partial charge in [-0.15, -0.1) is 0 Å². The molecule has 0 amide bonds. The lowest BCUT2D eigenvalue weighted by Gasteiger charge is -2.17. The van der Waals surface area contributed by atoms with E-state index in [2.05, 4.69) is 9.88 Å². The largest absolute Gasteiger partial charge is 0.507 e. The first-order valence-corrected chi connectivity index (χ1v) is 7.45. The van der Waals surface area contributed by atoms with E-state index in [1.807, 2.05) is 13.8 Å². The number of likely N-dealkylation sites (N-methyl/N-ethyl adjacent to an activating group) is 1. The molecule has 7 heteroatoms. The molecule has 0 aliphatic heterocycles. The lowest BCUT2D eigenvalue weighted by Crippen LogP contribution is -2.25. The van der Waals surface area contributed by atoms with Crippen LogP contribution >= 0.6 is 0 Å². The Morgan fingerprint density at radius 2 is 1.91 bits per heavy atom. The highest BCUT2D eigenvalue weighted by Gasteiger charge is 2.40. The van der Waals surface area contributed by atoms with Gasteiger partial charge in [0.15, 0.2) is 0 Å². The van der Waals surface area contributed by atoms with Gasteiger partial charge in [-0.2, -0.15) is 13.2 Å². The number of rotatable bonds is 6. The molecule has 0 aliphatic rings. The van der Waals surface area contributed by atoms with E-state index in [4.69, 9.17) is 0 Å². The monoisotopic (exact) mass is 328 g/mol. The number of phenols is 1. The van der Waals surface area contributed by atoms with Gasteiger partial charge < -0.3 is 15.0 Å². The molecule has 0 atom stereocenters. The number of hydrogen-bond donors (Lipinski definition) is 2. The fourth-order valence-electron chi connectivity index (χ4n) is 2.66. The van der Waals surface area contributed by atoms with Crippen LogP contribution in [0.15, 0.2) is 18.3 Å². The average Bonchev–Trinajstić information content (AvgIpc) is 2.92. The fraction of sp³-hybridized carbons (Fsp3) is 0.438. The molecule has 0 radical (unpaired) electrons. The van der Waals surface area contributed by atoms with E-state index in [1.165, 1.54) is 0 Å². The number of halogens is 3. The molecular weight excluding hydrogens is 309 g/mol. The third kappa shape index (κ3) is 3.50. The minimum absolute atomic E-state index is 0.0295. The summed E-state index contributed by atoms with van der Waals surface area (Å²) in [5.41, 5.74) is 0.252. The van der Waals surface area contributed by atoms with Crippen molar-refractivity contribution in [3.8, 4) is 5.75 Å². The number of hydrogen-bond acceptors (Lipinski definition) is 3. The van der Waals surface area contributed by atoms with Crippen LogP contribution in [0.3, 0.4) is 0 Å². The highest BCUT2D eigenvalue weighted by molar-refractivity contribution is 6.11. The summed E-state index contributed by atoms with van der Waals surface area (Å²) in [7, 11) is 0. The van der Waals surface area contributed by atoms with Crippen molar-refractivity contribution in [2.45, 2.75) is 26.4 Å². The minimum Gasteiger partial charge on any atom is -0.507 e. The van der Waals surface area contributed by atoms with Crippen LogP contribution in [0.5, 0.6) is 5.75 Å². The SMILES string of the molecule is CCN(CC)CCc1c[nH]c2c(C(=O)C(F)(F)F)ccc(O)c12.